The number of hydrogen-bond donors (Lipinski definition) is 1. The van der Waals surface area contributed by atoms with Crippen molar-refractivity contribution in [3.05, 3.63) is 12.2 Å². The summed E-state index contributed by atoms with van der Waals surface area (Å²) in [6.45, 7) is 6.16. The van der Waals surface area contributed by atoms with Crippen LogP contribution in [-0.2, 0) is 0 Å². The molecule has 0 aromatic rings. The highest BCUT2D eigenvalue weighted by Gasteiger charge is 2.04. The van der Waals surface area contributed by atoms with Crippen molar-refractivity contribution in [2.45, 2.75) is 59.0 Å². The van der Waals surface area contributed by atoms with E-state index in [0.717, 1.165) is 6.42 Å². The molecule has 0 bridgehead atoms. The van der Waals surface area contributed by atoms with Crippen molar-refractivity contribution in [3.63, 3.8) is 0 Å². The van der Waals surface area contributed by atoms with Crippen LogP contribution in [0.15, 0.2) is 12.2 Å². The molecule has 13 heavy (non-hydrogen) atoms. The van der Waals surface area contributed by atoms with Crippen molar-refractivity contribution in [3.8, 4) is 0 Å². The predicted octanol–water partition coefficient (Wildman–Crippen LogP) is 3.53. The maximum absolute atomic E-state index is 9.23. The van der Waals surface area contributed by atoms with Gasteiger partial charge in [-0.05, 0) is 32.1 Å². The topological polar surface area (TPSA) is 20.2 Å². The predicted molar refractivity (Wildman–Crippen MR) is 58.7 cm³/mol. The van der Waals surface area contributed by atoms with E-state index in [4.69, 9.17) is 0 Å². The van der Waals surface area contributed by atoms with E-state index in [2.05, 4.69) is 26.0 Å². The molecule has 0 aromatic heterocycles. The minimum atomic E-state index is -0.180. The van der Waals surface area contributed by atoms with Crippen molar-refractivity contribution in [1.82, 2.24) is 0 Å². The molecule has 2 atom stereocenters. The van der Waals surface area contributed by atoms with Crippen LogP contribution in [-0.4, -0.2) is 11.2 Å². The van der Waals surface area contributed by atoms with Gasteiger partial charge in [-0.2, -0.15) is 0 Å². The fourth-order valence-electron chi connectivity index (χ4n) is 1.14. The molecule has 0 radical (unpaired) electrons. The van der Waals surface area contributed by atoms with Crippen LogP contribution in [0.4, 0.5) is 0 Å². The lowest BCUT2D eigenvalue weighted by Crippen LogP contribution is -2.11. The monoisotopic (exact) mass is 184 g/mol. The van der Waals surface area contributed by atoms with Crippen LogP contribution in [0.3, 0.4) is 0 Å². The Balaban J connectivity index is 3.30. The number of hydrogen-bond acceptors (Lipinski definition) is 1. The van der Waals surface area contributed by atoms with Crippen LogP contribution in [0.5, 0.6) is 0 Å². The normalized spacial score (nSPS) is 16.3. The van der Waals surface area contributed by atoms with Crippen molar-refractivity contribution in [1.29, 1.82) is 0 Å². The number of aliphatic hydroxyl groups excluding tert-OH is 1. The first kappa shape index (κ1) is 12.7. The Morgan fingerprint density at radius 1 is 1.15 bits per heavy atom. The Morgan fingerprint density at radius 3 is 2.38 bits per heavy atom. The third-order valence-electron chi connectivity index (χ3n) is 2.47. The second-order valence-corrected chi connectivity index (χ2v) is 3.92. The van der Waals surface area contributed by atoms with E-state index in [1.54, 1.807) is 0 Å². The highest BCUT2D eigenvalue weighted by atomic mass is 16.3. The standard InChI is InChI=1S/C12H24O/c1-4-5-6-7-8-9-10-11(2)12(3)13/h8-9,11-13H,4-7,10H2,1-3H3. The maximum Gasteiger partial charge on any atom is 0.0540 e. The highest BCUT2D eigenvalue weighted by Crippen LogP contribution is 2.09. The Bertz CT molecular complexity index is 127. The summed E-state index contributed by atoms with van der Waals surface area (Å²) in [6.07, 6.45) is 10.4. The molecule has 1 nitrogen and oxygen atoms in total. The van der Waals surface area contributed by atoms with Crippen LogP contribution in [0, 0.1) is 5.92 Å². The maximum atomic E-state index is 9.23. The molecule has 1 heteroatoms. The number of allylic oxidation sites excluding steroid dienone is 2. The molecule has 0 spiro atoms. The van der Waals surface area contributed by atoms with Crippen LogP contribution in [0.2, 0.25) is 0 Å². The molecule has 0 saturated carbocycles. The van der Waals surface area contributed by atoms with Gasteiger partial charge in [0.1, 0.15) is 0 Å². The molecule has 0 amide bonds. The zero-order chi connectivity index (χ0) is 10.1. The lowest BCUT2D eigenvalue weighted by Gasteiger charge is -2.10. The van der Waals surface area contributed by atoms with Gasteiger partial charge < -0.3 is 5.11 Å². The van der Waals surface area contributed by atoms with Gasteiger partial charge in [-0.25, -0.2) is 0 Å². The van der Waals surface area contributed by atoms with E-state index < -0.39 is 0 Å². The van der Waals surface area contributed by atoms with Gasteiger partial charge in [0.2, 0.25) is 0 Å². The Hall–Kier alpha value is -0.300. The van der Waals surface area contributed by atoms with Gasteiger partial charge in [0.05, 0.1) is 6.10 Å². The molecule has 0 saturated heterocycles. The molecule has 0 aliphatic heterocycles. The van der Waals surface area contributed by atoms with Crippen molar-refractivity contribution in [2.24, 2.45) is 5.92 Å². The average molecular weight is 184 g/mol. The van der Waals surface area contributed by atoms with Gasteiger partial charge in [0, 0.05) is 0 Å². The molecular weight excluding hydrogens is 160 g/mol. The first-order valence-electron chi connectivity index (χ1n) is 5.51. The van der Waals surface area contributed by atoms with Gasteiger partial charge in [-0.1, -0.05) is 38.8 Å². The van der Waals surface area contributed by atoms with E-state index in [-0.39, 0.29) is 6.10 Å². The molecule has 78 valence electrons. The molecule has 1 N–H and O–H groups in total. The molecule has 2 unspecified atom stereocenters. The number of unbranched alkanes of at least 4 members (excludes halogenated alkanes) is 3. The van der Waals surface area contributed by atoms with Gasteiger partial charge >= 0.3 is 0 Å². The van der Waals surface area contributed by atoms with Crippen molar-refractivity contribution in [2.75, 3.05) is 0 Å². The molecule has 0 fully saturated rings. The summed E-state index contributed by atoms with van der Waals surface area (Å²) in [5.74, 6) is 0.391. The van der Waals surface area contributed by atoms with Gasteiger partial charge in [-0.3, -0.25) is 0 Å². The fourth-order valence-corrected chi connectivity index (χ4v) is 1.14. The first-order chi connectivity index (χ1) is 6.18. The summed E-state index contributed by atoms with van der Waals surface area (Å²) in [5.41, 5.74) is 0. The summed E-state index contributed by atoms with van der Waals surface area (Å²) in [5, 5.41) is 9.23. The van der Waals surface area contributed by atoms with Crippen LogP contribution < -0.4 is 0 Å². The van der Waals surface area contributed by atoms with E-state index in [0.29, 0.717) is 5.92 Å². The average Bonchev–Trinajstić information content (AvgIpc) is 2.10. The van der Waals surface area contributed by atoms with Gasteiger partial charge in [0.15, 0.2) is 0 Å². The van der Waals surface area contributed by atoms with Crippen molar-refractivity contribution >= 4 is 0 Å². The third kappa shape index (κ3) is 8.04. The Morgan fingerprint density at radius 2 is 1.85 bits per heavy atom. The second-order valence-electron chi connectivity index (χ2n) is 3.92. The SMILES string of the molecule is CCCCCC=CCC(C)C(C)O. The van der Waals surface area contributed by atoms with Gasteiger partial charge in [0.25, 0.3) is 0 Å². The largest absolute Gasteiger partial charge is 0.393 e. The van der Waals surface area contributed by atoms with E-state index in [9.17, 15) is 5.11 Å². The summed E-state index contributed by atoms with van der Waals surface area (Å²) < 4.78 is 0. The molecule has 0 aromatic carbocycles. The molecular formula is C12H24O. The number of rotatable bonds is 7. The van der Waals surface area contributed by atoms with Crippen LogP contribution >= 0.6 is 0 Å². The second kappa shape index (κ2) is 8.31. The zero-order valence-electron chi connectivity index (χ0n) is 9.29. The molecule has 0 heterocycles. The highest BCUT2D eigenvalue weighted by molar-refractivity contribution is 4.84. The smallest absolute Gasteiger partial charge is 0.0540 e. The first-order valence-corrected chi connectivity index (χ1v) is 5.51. The molecule has 0 aliphatic carbocycles. The van der Waals surface area contributed by atoms with Crippen LogP contribution in [0.1, 0.15) is 52.9 Å². The lowest BCUT2D eigenvalue weighted by molar-refractivity contribution is 0.136. The lowest BCUT2D eigenvalue weighted by atomic mass is 10.0. The molecule has 0 aliphatic rings. The third-order valence-corrected chi connectivity index (χ3v) is 2.47. The summed E-state index contributed by atoms with van der Waals surface area (Å²) >= 11 is 0. The molecule has 0 rings (SSSR count). The van der Waals surface area contributed by atoms with Crippen LogP contribution in [0.25, 0.3) is 0 Å². The number of aliphatic hydroxyl groups is 1. The Kier molecular flexibility index (Phi) is 8.11. The zero-order valence-corrected chi connectivity index (χ0v) is 9.29. The van der Waals surface area contributed by atoms with E-state index >= 15 is 0 Å². The van der Waals surface area contributed by atoms with E-state index in [1.807, 2.05) is 6.92 Å². The van der Waals surface area contributed by atoms with Gasteiger partial charge in [-0.15, -0.1) is 0 Å². The summed E-state index contributed by atoms with van der Waals surface area (Å²) in [4.78, 5) is 0. The van der Waals surface area contributed by atoms with E-state index in [1.165, 1.54) is 25.7 Å². The minimum Gasteiger partial charge on any atom is -0.393 e. The summed E-state index contributed by atoms with van der Waals surface area (Å²) in [6, 6.07) is 0. The Labute approximate surface area is 82.9 Å². The quantitative estimate of drug-likeness (QED) is 0.474. The van der Waals surface area contributed by atoms with Crippen molar-refractivity contribution < 1.29 is 5.11 Å². The minimum absolute atomic E-state index is 0.180. The fraction of sp³-hybridized carbons (Fsp3) is 0.833. The summed E-state index contributed by atoms with van der Waals surface area (Å²) in [7, 11) is 0.